The van der Waals surface area contributed by atoms with Gasteiger partial charge in [-0.1, -0.05) is 73.4 Å². The number of carbonyl (C=O) groups is 2. The summed E-state index contributed by atoms with van der Waals surface area (Å²) in [5.74, 6) is -0.394. The second kappa shape index (κ2) is 12.2. The molecule has 0 spiro atoms. The first kappa shape index (κ1) is 25.3. The van der Waals surface area contributed by atoms with Gasteiger partial charge in [-0.05, 0) is 42.3 Å². The fourth-order valence-corrected chi connectivity index (χ4v) is 3.49. The molecule has 0 aliphatic carbocycles. The summed E-state index contributed by atoms with van der Waals surface area (Å²) in [5, 5.41) is 7.88. The molecule has 0 aliphatic rings. The van der Waals surface area contributed by atoms with E-state index >= 15 is 0 Å². The van der Waals surface area contributed by atoms with Gasteiger partial charge in [-0.15, -0.1) is 0 Å². The minimum absolute atomic E-state index is 0.162. The molecule has 2 N–H and O–H groups in total. The maximum absolute atomic E-state index is 12.7. The van der Waals surface area contributed by atoms with Crippen LogP contribution in [-0.4, -0.2) is 24.1 Å². The number of para-hydroxylation sites is 1. The summed E-state index contributed by atoms with van der Waals surface area (Å²) in [4.78, 5) is 25.3. The van der Waals surface area contributed by atoms with E-state index in [1.165, 1.54) is 6.21 Å². The summed E-state index contributed by atoms with van der Waals surface area (Å²) in [7, 11) is 0. The molecular weight excluding hydrogens is 473 g/mol. The van der Waals surface area contributed by atoms with E-state index in [-0.39, 0.29) is 5.92 Å². The number of nitrogens with zero attached hydrogens (tertiary/aromatic N) is 1. The highest BCUT2D eigenvalue weighted by Gasteiger charge is 2.24. The zero-order valence-electron chi connectivity index (χ0n) is 18.8. The van der Waals surface area contributed by atoms with Crippen LogP contribution in [0, 0.1) is 5.92 Å². The molecule has 6 nitrogen and oxygen atoms in total. The third kappa shape index (κ3) is 7.07. The van der Waals surface area contributed by atoms with Gasteiger partial charge >= 0.3 is 0 Å². The number of hydrogen-bond donors (Lipinski definition) is 2. The van der Waals surface area contributed by atoms with Gasteiger partial charge in [-0.3, -0.25) is 9.59 Å². The highest BCUT2D eigenvalue weighted by molar-refractivity contribution is 6.31. The van der Waals surface area contributed by atoms with Crippen LogP contribution in [0.4, 0.5) is 0 Å². The van der Waals surface area contributed by atoms with Gasteiger partial charge in [0, 0.05) is 26.7 Å². The minimum atomic E-state index is -0.782. The molecule has 0 heterocycles. The van der Waals surface area contributed by atoms with Crippen LogP contribution in [0.1, 0.15) is 35.3 Å². The van der Waals surface area contributed by atoms with Crippen molar-refractivity contribution >= 4 is 41.2 Å². The molecule has 0 bridgehead atoms. The van der Waals surface area contributed by atoms with Crippen LogP contribution in [0.25, 0.3) is 0 Å². The minimum Gasteiger partial charge on any atom is -0.488 e. The summed E-state index contributed by atoms with van der Waals surface area (Å²) in [6.07, 6.45) is 1.50. The lowest BCUT2D eigenvalue weighted by atomic mass is 10.0. The Morgan fingerprint density at radius 1 is 1.00 bits per heavy atom. The largest absolute Gasteiger partial charge is 0.488 e. The molecule has 8 heteroatoms. The zero-order chi connectivity index (χ0) is 24.5. The van der Waals surface area contributed by atoms with Crippen LogP contribution in [0.5, 0.6) is 5.75 Å². The van der Waals surface area contributed by atoms with Crippen molar-refractivity contribution in [3.63, 3.8) is 0 Å². The molecule has 3 aromatic carbocycles. The first-order chi connectivity index (χ1) is 16.3. The van der Waals surface area contributed by atoms with Gasteiger partial charge in [-0.25, -0.2) is 5.43 Å². The second-order valence-corrected chi connectivity index (χ2v) is 8.70. The highest BCUT2D eigenvalue weighted by Crippen LogP contribution is 2.21. The van der Waals surface area contributed by atoms with E-state index in [1.807, 2.05) is 56.3 Å². The maximum Gasteiger partial charge on any atom is 0.262 e. The summed E-state index contributed by atoms with van der Waals surface area (Å²) < 4.78 is 5.90. The molecular formula is C26H25Cl2N3O3. The lowest BCUT2D eigenvalue weighted by Gasteiger charge is -2.20. The van der Waals surface area contributed by atoms with Crippen LogP contribution in [0.3, 0.4) is 0 Å². The van der Waals surface area contributed by atoms with Crippen LogP contribution >= 0.6 is 23.2 Å². The van der Waals surface area contributed by atoms with Crippen LogP contribution < -0.4 is 15.5 Å². The third-order valence-electron chi connectivity index (χ3n) is 4.96. The lowest BCUT2D eigenvalue weighted by Crippen LogP contribution is -2.48. The smallest absolute Gasteiger partial charge is 0.262 e. The van der Waals surface area contributed by atoms with Crippen molar-refractivity contribution in [2.75, 3.05) is 0 Å². The van der Waals surface area contributed by atoms with Crippen molar-refractivity contribution in [1.29, 1.82) is 0 Å². The SMILES string of the molecule is CC(C)C(NC(=O)c1cccc(Cl)c1)C(=O)N/N=C/c1ccccc1OCc1ccccc1Cl. The highest BCUT2D eigenvalue weighted by atomic mass is 35.5. The van der Waals surface area contributed by atoms with Crippen LogP contribution in [0.2, 0.25) is 10.0 Å². The molecule has 3 rings (SSSR count). The van der Waals surface area contributed by atoms with Gasteiger partial charge in [0.2, 0.25) is 0 Å². The van der Waals surface area contributed by atoms with Crippen molar-refractivity contribution < 1.29 is 14.3 Å². The Hall–Kier alpha value is -3.35. The average Bonchev–Trinajstić information content (AvgIpc) is 2.82. The van der Waals surface area contributed by atoms with Crippen molar-refractivity contribution in [2.24, 2.45) is 11.0 Å². The van der Waals surface area contributed by atoms with Crippen molar-refractivity contribution in [3.05, 3.63) is 99.5 Å². The summed E-state index contributed by atoms with van der Waals surface area (Å²) >= 11 is 12.2. The predicted octanol–water partition coefficient (Wildman–Crippen LogP) is 5.48. The average molecular weight is 498 g/mol. The van der Waals surface area contributed by atoms with Crippen molar-refractivity contribution in [3.8, 4) is 5.75 Å². The summed E-state index contributed by atoms with van der Waals surface area (Å²) in [6, 6.07) is 20.5. The Bertz CT molecular complexity index is 1180. The molecule has 0 saturated heterocycles. The first-order valence-electron chi connectivity index (χ1n) is 10.7. The van der Waals surface area contributed by atoms with E-state index < -0.39 is 17.9 Å². The molecule has 0 fully saturated rings. The number of hydrazone groups is 1. The first-order valence-corrected chi connectivity index (χ1v) is 11.5. The maximum atomic E-state index is 12.7. The zero-order valence-corrected chi connectivity index (χ0v) is 20.3. The van der Waals surface area contributed by atoms with Gasteiger partial charge in [0.05, 0.1) is 6.21 Å². The lowest BCUT2D eigenvalue weighted by molar-refractivity contribution is -0.123. The predicted molar refractivity (Wildman–Crippen MR) is 136 cm³/mol. The van der Waals surface area contributed by atoms with Crippen LogP contribution in [0.15, 0.2) is 77.9 Å². The van der Waals surface area contributed by atoms with E-state index in [2.05, 4.69) is 15.8 Å². The number of benzene rings is 3. The molecule has 1 unspecified atom stereocenters. The van der Waals surface area contributed by atoms with E-state index in [0.717, 1.165) is 5.56 Å². The number of nitrogens with one attached hydrogen (secondary N) is 2. The standard InChI is InChI=1S/C26H25Cl2N3O3/c1-17(2)24(30-25(32)18-10-7-11-21(27)14-18)26(33)31-29-15-19-8-4-6-13-23(19)34-16-20-9-3-5-12-22(20)28/h3-15,17,24H,16H2,1-2H3,(H,30,32)(H,31,33)/b29-15+. The summed E-state index contributed by atoms with van der Waals surface area (Å²) in [5.41, 5.74) is 4.42. The number of hydrogen-bond acceptors (Lipinski definition) is 4. The third-order valence-corrected chi connectivity index (χ3v) is 5.56. The number of carbonyl (C=O) groups excluding carboxylic acids is 2. The van der Waals surface area contributed by atoms with E-state index in [0.29, 0.717) is 33.5 Å². The Kier molecular flexibility index (Phi) is 9.08. The van der Waals surface area contributed by atoms with Gasteiger partial charge in [0.1, 0.15) is 18.4 Å². The molecule has 3 aromatic rings. The van der Waals surface area contributed by atoms with E-state index in [9.17, 15) is 9.59 Å². The molecule has 0 aliphatic heterocycles. The fraction of sp³-hybridized carbons (Fsp3) is 0.192. The van der Waals surface area contributed by atoms with Gasteiger partial charge in [0.25, 0.3) is 11.8 Å². The Morgan fingerprint density at radius 3 is 2.47 bits per heavy atom. The normalized spacial score (nSPS) is 11.9. The number of amides is 2. The van der Waals surface area contributed by atoms with Gasteiger partial charge < -0.3 is 10.1 Å². The van der Waals surface area contributed by atoms with E-state index in [1.54, 1.807) is 30.3 Å². The van der Waals surface area contributed by atoms with Gasteiger partial charge in [-0.2, -0.15) is 5.10 Å². The van der Waals surface area contributed by atoms with E-state index in [4.69, 9.17) is 27.9 Å². The Morgan fingerprint density at radius 2 is 1.74 bits per heavy atom. The molecule has 0 aromatic heterocycles. The van der Waals surface area contributed by atoms with Crippen LogP contribution in [-0.2, 0) is 11.4 Å². The molecule has 34 heavy (non-hydrogen) atoms. The topological polar surface area (TPSA) is 79.8 Å². The Balaban J connectivity index is 1.63. The fourth-order valence-electron chi connectivity index (χ4n) is 3.11. The van der Waals surface area contributed by atoms with Crippen molar-refractivity contribution in [2.45, 2.75) is 26.5 Å². The number of ether oxygens (including phenoxy) is 1. The quantitative estimate of drug-likeness (QED) is 0.303. The second-order valence-electron chi connectivity index (χ2n) is 7.86. The molecule has 0 saturated carbocycles. The van der Waals surface area contributed by atoms with Gasteiger partial charge in [0.15, 0.2) is 0 Å². The molecule has 0 radical (unpaired) electrons. The van der Waals surface area contributed by atoms with Crippen molar-refractivity contribution in [1.82, 2.24) is 10.7 Å². The molecule has 1 atom stereocenters. The molecule has 176 valence electrons. The monoisotopic (exact) mass is 497 g/mol. The molecule has 2 amide bonds. The summed E-state index contributed by atoms with van der Waals surface area (Å²) in [6.45, 7) is 3.97. The Labute approximate surface area is 208 Å². The number of halogens is 2. The number of rotatable bonds is 9.